The van der Waals surface area contributed by atoms with Crippen molar-refractivity contribution in [3.8, 4) is 0 Å². The van der Waals surface area contributed by atoms with E-state index in [2.05, 4.69) is 0 Å². The molecule has 0 spiro atoms. The molecule has 4 heteroatoms. The Kier molecular flexibility index (Phi) is 8.43. The van der Waals surface area contributed by atoms with Gasteiger partial charge in [-0.15, -0.1) is 0 Å². The second kappa shape index (κ2) is 11.4. The molecule has 0 saturated heterocycles. The van der Waals surface area contributed by atoms with Gasteiger partial charge in [-0.25, -0.2) is 9.59 Å². The predicted molar refractivity (Wildman–Crippen MR) is 102 cm³/mol. The van der Waals surface area contributed by atoms with E-state index >= 15 is 0 Å². The van der Waals surface area contributed by atoms with Crippen molar-refractivity contribution in [3.05, 3.63) is 83.9 Å². The third-order valence-corrected chi connectivity index (χ3v) is 3.45. The number of hydrogen-bond acceptors (Lipinski definition) is 4. The van der Waals surface area contributed by atoms with E-state index in [9.17, 15) is 9.59 Å². The molecule has 0 aliphatic rings. The van der Waals surface area contributed by atoms with Crippen LogP contribution in [0.5, 0.6) is 0 Å². The van der Waals surface area contributed by atoms with Crippen molar-refractivity contribution >= 4 is 24.1 Å². The summed E-state index contributed by atoms with van der Waals surface area (Å²) in [6.07, 6.45) is 7.51. The molecule has 0 unspecified atom stereocenters. The lowest BCUT2D eigenvalue weighted by molar-refractivity contribution is -0.140. The summed E-state index contributed by atoms with van der Waals surface area (Å²) in [6.45, 7) is 0.602. The number of carbonyl (C=O) groups excluding carboxylic acids is 2. The highest BCUT2D eigenvalue weighted by atomic mass is 16.5. The minimum atomic E-state index is -0.378. The summed E-state index contributed by atoms with van der Waals surface area (Å²) in [6, 6.07) is 19.1. The number of ether oxygens (including phenoxy) is 2. The van der Waals surface area contributed by atoms with Gasteiger partial charge in [0, 0.05) is 12.2 Å². The molecule has 0 aliphatic carbocycles. The van der Waals surface area contributed by atoms with Crippen LogP contribution in [-0.4, -0.2) is 25.2 Å². The molecular formula is C22H22O4. The van der Waals surface area contributed by atoms with Crippen molar-refractivity contribution in [1.29, 1.82) is 0 Å². The van der Waals surface area contributed by atoms with E-state index in [1.54, 1.807) is 12.2 Å². The molecule has 2 aromatic rings. The van der Waals surface area contributed by atoms with Gasteiger partial charge in [0.1, 0.15) is 0 Å². The zero-order valence-corrected chi connectivity index (χ0v) is 14.5. The van der Waals surface area contributed by atoms with Crippen LogP contribution in [0.2, 0.25) is 0 Å². The lowest BCUT2D eigenvalue weighted by atomic mass is 10.2. The van der Waals surface area contributed by atoms with Crippen molar-refractivity contribution < 1.29 is 19.1 Å². The molecule has 2 rings (SSSR count). The van der Waals surface area contributed by atoms with Crippen LogP contribution < -0.4 is 0 Å². The summed E-state index contributed by atoms with van der Waals surface area (Å²) in [5.74, 6) is -0.756. The minimum absolute atomic E-state index is 0.301. The Morgan fingerprint density at radius 1 is 0.654 bits per heavy atom. The lowest BCUT2D eigenvalue weighted by Crippen LogP contribution is -2.06. The van der Waals surface area contributed by atoms with E-state index in [4.69, 9.17) is 9.47 Å². The monoisotopic (exact) mass is 350 g/mol. The Morgan fingerprint density at radius 3 is 1.42 bits per heavy atom. The van der Waals surface area contributed by atoms with Gasteiger partial charge in [0.05, 0.1) is 13.2 Å². The SMILES string of the molecule is O=C(C=Cc1ccccc1)OCCCCOC(=O)C=Cc1ccccc1. The average Bonchev–Trinajstić information content (AvgIpc) is 2.69. The molecule has 0 fully saturated rings. The summed E-state index contributed by atoms with van der Waals surface area (Å²) in [5, 5.41) is 0. The van der Waals surface area contributed by atoms with Gasteiger partial charge < -0.3 is 9.47 Å². The summed E-state index contributed by atoms with van der Waals surface area (Å²) in [7, 11) is 0. The van der Waals surface area contributed by atoms with E-state index in [-0.39, 0.29) is 11.9 Å². The van der Waals surface area contributed by atoms with Gasteiger partial charge in [-0.2, -0.15) is 0 Å². The molecule has 0 aliphatic heterocycles. The molecule has 26 heavy (non-hydrogen) atoms. The highest BCUT2D eigenvalue weighted by Gasteiger charge is 1.99. The second-order valence-electron chi connectivity index (χ2n) is 5.53. The predicted octanol–water partition coefficient (Wildman–Crippen LogP) is 4.28. The Balaban J connectivity index is 1.53. The zero-order valence-electron chi connectivity index (χ0n) is 14.5. The van der Waals surface area contributed by atoms with Crippen LogP contribution in [0, 0.1) is 0 Å². The molecule has 0 heterocycles. The van der Waals surface area contributed by atoms with Gasteiger partial charge in [0.2, 0.25) is 0 Å². The molecule has 0 aromatic heterocycles. The third kappa shape index (κ3) is 8.11. The standard InChI is InChI=1S/C22H22O4/c23-21(15-13-19-9-3-1-4-10-19)25-17-7-8-18-26-22(24)16-14-20-11-5-2-6-12-20/h1-6,9-16H,7-8,17-18H2. The van der Waals surface area contributed by atoms with Crippen LogP contribution in [-0.2, 0) is 19.1 Å². The lowest BCUT2D eigenvalue weighted by Gasteiger charge is -2.03. The molecule has 4 nitrogen and oxygen atoms in total. The van der Waals surface area contributed by atoms with Crippen LogP contribution in [0.25, 0.3) is 12.2 Å². The van der Waals surface area contributed by atoms with Crippen LogP contribution >= 0.6 is 0 Å². The van der Waals surface area contributed by atoms with Crippen molar-refractivity contribution in [2.24, 2.45) is 0 Å². The average molecular weight is 350 g/mol. The van der Waals surface area contributed by atoms with Gasteiger partial charge in [-0.1, -0.05) is 60.7 Å². The van der Waals surface area contributed by atoms with E-state index < -0.39 is 0 Å². The van der Waals surface area contributed by atoms with Crippen molar-refractivity contribution in [1.82, 2.24) is 0 Å². The number of benzene rings is 2. The van der Waals surface area contributed by atoms with Crippen molar-refractivity contribution in [2.45, 2.75) is 12.8 Å². The molecule has 2 aromatic carbocycles. The van der Waals surface area contributed by atoms with E-state index in [1.807, 2.05) is 60.7 Å². The van der Waals surface area contributed by atoms with E-state index in [0.29, 0.717) is 26.1 Å². The molecule has 0 radical (unpaired) electrons. The van der Waals surface area contributed by atoms with Crippen molar-refractivity contribution in [3.63, 3.8) is 0 Å². The number of esters is 2. The fraction of sp³-hybridized carbons (Fsp3) is 0.182. The summed E-state index contributed by atoms with van der Waals surface area (Å²) in [5.41, 5.74) is 1.89. The fourth-order valence-corrected chi connectivity index (χ4v) is 2.10. The molecule has 0 saturated carbocycles. The fourth-order valence-electron chi connectivity index (χ4n) is 2.10. The van der Waals surface area contributed by atoms with Gasteiger partial charge >= 0.3 is 11.9 Å². The normalized spacial score (nSPS) is 10.9. The maximum Gasteiger partial charge on any atom is 0.330 e. The topological polar surface area (TPSA) is 52.6 Å². The highest BCUT2D eigenvalue weighted by Crippen LogP contribution is 2.03. The summed E-state index contributed by atoms with van der Waals surface area (Å²) in [4.78, 5) is 23.1. The first-order valence-electron chi connectivity index (χ1n) is 8.54. The molecule has 0 atom stereocenters. The summed E-state index contributed by atoms with van der Waals surface area (Å²) < 4.78 is 10.2. The van der Waals surface area contributed by atoms with Crippen LogP contribution in [0.15, 0.2) is 72.8 Å². The third-order valence-electron chi connectivity index (χ3n) is 3.45. The first-order chi connectivity index (χ1) is 12.7. The Hall–Kier alpha value is -3.14. The summed E-state index contributed by atoms with van der Waals surface area (Å²) >= 11 is 0. The van der Waals surface area contributed by atoms with Crippen molar-refractivity contribution in [2.75, 3.05) is 13.2 Å². The number of rotatable bonds is 9. The molecule has 0 bridgehead atoms. The van der Waals surface area contributed by atoms with Gasteiger partial charge in [-0.05, 0) is 36.1 Å². The molecule has 134 valence electrons. The Bertz CT molecular complexity index is 668. The molecule has 0 amide bonds. The second-order valence-corrected chi connectivity index (χ2v) is 5.53. The maximum absolute atomic E-state index is 11.6. The number of unbranched alkanes of at least 4 members (excludes halogenated alkanes) is 1. The first kappa shape index (κ1) is 19.2. The highest BCUT2D eigenvalue weighted by molar-refractivity contribution is 5.87. The number of hydrogen-bond donors (Lipinski definition) is 0. The number of carbonyl (C=O) groups is 2. The minimum Gasteiger partial charge on any atom is -0.463 e. The quantitative estimate of drug-likeness (QED) is 0.385. The van der Waals surface area contributed by atoms with Gasteiger partial charge in [-0.3, -0.25) is 0 Å². The molecule has 0 N–H and O–H groups in total. The Morgan fingerprint density at radius 2 is 1.04 bits per heavy atom. The zero-order chi connectivity index (χ0) is 18.5. The first-order valence-corrected chi connectivity index (χ1v) is 8.54. The molecular weight excluding hydrogens is 328 g/mol. The van der Waals surface area contributed by atoms with Gasteiger partial charge in [0.15, 0.2) is 0 Å². The smallest absolute Gasteiger partial charge is 0.330 e. The van der Waals surface area contributed by atoms with Crippen LogP contribution in [0.4, 0.5) is 0 Å². The Labute approximate surface area is 153 Å². The van der Waals surface area contributed by atoms with E-state index in [0.717, 1.165) is 11.1 Å². The maximum atomic E-state index is 11.6. The van der Waals surface area contributed by atoms with Gasteiger partial charge in [0.25, 0.3) is 0 Å². The largest absolute Gasteiger partial charge is 0.463 e. The van der Waals surface area contributed by atoms with Crippen LogP contribution in [0.1, 0.15) is 24.0 Å². The van der Waals surface area contributed by atoms with E-state index in [1.165, 1.54) is 12.2 Å². The van der Waals surface area contributed by atoms with Crippen LogP contribution in [0.3, 0.4) is 0 Å².